The van der Waals surface area contributed by atoms with Gasteiger partial charge in [-0.25, -0.2) is 9.71 Å². The fourth-order valence-electron chi connectivity index (χ4n) is 1.56. The van der Waals surface area contributed by atoms with E-state index in [4.69, 9.17) is 0 Å². The Kier molecular flexibility index (Phi) is 7.10. The fourth-order valence-corrected chi connectivity index (χ4v) is 1.56. The summed E-state index contributed by atoms with van der Waals surface area (Å²) in [5.41, 5.74) is 0. The molecule has 0 heterocycles. The molecule has 0 unspecified atom stereocenters. The molecular weight excluding hydrogens is 552 g/mol. The van der Waals surface area contributed by atoms with Crippen molar-refractivity contribution in [2.24, 2.45) is 0 Å². The third kappa shape index (κ3) is 4.21. The van der Waals surface area contributed by atoms with E-state index in [2.05, 4.69) is 0 Å². The lowest BCUT2D eigenvalue weighted by atomic mass is 9.92. The van der Waals surface area contributed by atoms with Crippen molar-refractivity contribution in [2.45, 2.75) is 60.0 Å². The number of alkyl halides is 22. The summed E-state index contributed by atoms with van der Waals surface area (Å²) in [4.78, 5) is 0. The van der Waals surface area contributed by atoms with Gasteiger partial charge in [-0.3, -0.25) is 0 Å². The number of hydrogen-bond donors (Lipinski definition) is 1. The first-order chi connectivity index (χ1) is 13.7. The summed E-state index contributed by atoms with van der Waals surface area (Å²) in [6.07, 6.45) is -23.7. The van der Waals surface area contributed by atoms with Gasteiger partial charge in [0.05, 0.1) is 0 Å². The molecule has 0 aromatic rings. The lowest BCUT2D eigenvalue weighted by Crippen LogP contribution is -2.77. The molecule has 0 saturated carbocycles. The van der Waals surface area contributed by atoms with Crippen LogP contribution in [0.5, 0.6) is 0 Å². The first-order valence-electron chi connectivity index (χ1n) is 6.66. The van der Waals surface area contributed by atoms with Crippen LogP contribution in [0.25, 0.3) is 0 Å². The number of nitrogens with one attached hydrogen (secondary N) is 1. The fraction of sp³-hybridized carbons (Fsp3) is 1.00. The maximum absolute atomic E-state index is 13.2. The molecule has 0 rings (SSSR count). The molecule has 0 aliphatic rings. The molecule has 23 heteroatoms. The second kappa shape index (κ2) is 7.46. The zero-order chi connectivity index (χ0) is 27.7. The van der Waals surface area contributed by atoms with Gasteiger partial charge in [0, 0.05) is 0 Å². The van der Waals surface area contributed by atoms with Crippen LogP contribution in [0.2, 0.25) is 0 Å². The Morgan fingerprint density at radius 2 is 0.515 bits per heavy atom. The SMILES string of the molecule is FC(F)(F)C(F)(F)C(F)(F)C(F)(F)C(F)(F)C(F)(F)C(F)(F)NC(F)(C(F)(F)F)C(F)(F)F. The number of rotatable bonds is 7. The smallest absolute Gasteiger partial charge is 0.206 e. The maximum Gasteiger partial charge on any atom is 0.460 e. The van der Waals surface area contributed by atoms with Crippen molar-refractivity contribution in [2.75, 3.05) is 0 Å². The summed E-state index contributed by atoms with van der Waals surface area (Å²) >= 11 is 0. The van der Waals surface area contributed by atoms with Crippen molar-refractivity contribution in [3.05, 3.63) is 0 Å². The van der Waals surface area contributed by atoms with Gasteiger partial charge in [0.1, 0.15) is 0 Å². The molecule has 0 aromatic carbocycles. The van der Waals surface area contributed by atoms with E-state index in [0.717, 1.165) is 0 Å². The highest BCUT2D eigenvalue weighted by Crippen LogP contribution is 2.62. The van der Waals surface area contributed by atoms with E-state index >= 15 is 0 Å². The lowest BCUT2D eigenvalue weighted by Gasteiger charge is -2.43. The topological polar surface area (TPSA) is 12.0 Å². The van der Waals surface area contributed by atoms with Crippen molar-refractivity contribution in [3.8, 4) is 0 Å². The Hall–Kier alpha value is -1.58. The second-order valence-corrected chi connectivity index (χ2v) is 5.72. The third-order valence-electron chi connectivity index (χ3n) is 3.44. The van der Waals surface area contributed by atoms with Gasteiger partial charge < -0.3 is 0 Å². The molecule has 0 aliphatic heterocycles. The second-order valence-electron chi connectivity index (χ2n) is 5.72. The van der Waals surface area contributed by atoms with Crippen LogP contribution in [0.15, 0.2) is 0 Å². The van der Waals surface area contributed by atoms with Gasteiger partial charge in [-0.1, -0.05) is 0 Å². The van der Waals surface area contributed by atoms with Crippen LogP contribution in [0.3, 0.4) is 0 Å². The molecule has 0 bridgehead atoms. The molecule has 0 aliphatic carbocycles. The van der Waals surface area contributed by atoms with Gasteiger partial charge in [-0.2, -0.15) is 92.2 Å². The average molecular weight is 553 g/mol. The zero-order valence-corrected chi connectivity index (χ0v) is 13.8. The van der Waals surface area contributed by atoms with Crippen LogP contribution in [0.4, 0.5) is 96.6 Å². The zero-order valence-electron chi connectivity index (χ0n) is 13.8. The van der Waals surface area contributed by atoms with Crippen LogP contribution in [-0.2, 0) is 0 Å². The summed E-state index contributed by atoms with van der Waals surface area (Å²) in [6, 6.07) is -8.33. The molecule has 0 fully saturated rings. The van der Waals surface area contributed by atoms with Crippen molar-refractivity contribution in [1.29, 1.82) is 0 Å². The normalized spacial score (nSPS) is 16.9. The molecular formula is C10HF22N. The number of hydrogen-bond acceptors (Lipinski definition) is 1. The molecule has 0 atom stereocenters. The Morgan fingerprint density at radius 3 is 0.758 bits per heavy atom. The molecule has 0 amide bonds. The van der Waals surface area contributed by atoms with Crippen molar-refractivity contribution in [1.82, 2.24) is 5.32 Å². The summed E-state index contributed by atoms with van der Waals surface area (Å²) in [6.45, 7) is 0. The van der Waals surface area contributed by atoms with Crippen LogP contribution < -0.4 is 5.32 Å². The molecule has 200 valence electrons. The summed E-state index contributed by atoms with van der Waals surface area (Å²) in [7, 11) is 0. The first kappa shape index (κ1) is 31.4. The van der Waals surface area contributed by atoms with Gasteiger partial charge in [0.2, 0.25) is 0 Å². The van der Waals surface area contributed by atoms with Crippen molar-refractivity contribution < 1.29 is 96.6 Å². The third-order valence-corrected chi connectivity index (χ3v) is 3.44. The van der Waals surface area contributed by atoms with Gasteiger partial charge in [-0.15, -0.1) is 0 Å². The summed E-state index contributed by atoms with van der Waals surface area (Å²) in [5, 5.41) is -2.18. The van der Waals surface area contributed by atoms with Crippen LogP contribution in [-0.4, -0.2) is 60.0 Å². The Labute approximate surface area is 163 Å². The molecule has 33 heavy (non-hydrogen) atoms. The monoisotopic (exact) mass is 553 g/mol. The van der Waals surface area contributed by atoms with Gasteiger partial charge in [0.25, 0.3) is 0 Å². The van der Waals surface area contributed by atoms with E-state index in [1.54, 1.807) is 0 Å². The Bertz CT molecular complexity index is 690. The van der Waals surface area contributed by atoms with E-state index < -0.39 is 65.3 Å². The molecule has 0 aromatic heterocycles. The van der Waals surface area contributed by atoms with E-state index in [0.29, 0.717) is 0 Å². The quantitative estimate of drug-likeness (QED) is 0.274. The van der Waals surface area contributed by atoms with Gasteiger partial charge in [-0.05, 0) is 0 Å². The highest BCUT2D eigenvalue weighted by Gasteiger charge is 2.94. The minimum absolute atomic E-state index is 2.18. The highest BCUT2D eigenvalue weighted by atomic mass is 19.4. The van der Waals surface area contributed by atoms with Crippen molar-refractivity contribution in [3.63, 3.8) is 0 Å². The van der Waals surface area contributed by atoms with Crippen molar-refractivity contribution >= 4 is 0 Å². The van der Waals surface area contributed by atoms with Crippen LogP contribution >= 0.6 is 0 Å². The molecule has 1 N–H and O–H groups in total. The molecule has 0 spiro atoms. The molecule has 1 nitrogen and oxygen atoms in total. The van der Waals surface area contributed by atoms with E-state index in [1.807, 2.05) is 0 Å². The predicted molar refractivity (Wildman–Crippen MR) is 54.8 cm³/mol. The van der Waals surface area contributed by atoms with E-state index in [9.17, 15) is 96.6 Å². The summed E-state index contributed by atoms with van der Waals surface area (Å²) < 4.78 is 277. The van der Waals surface area contributed by atoms with Crippen LogP contribution in [0, 0.1) is 0 Å². The van der Waals surface area contributed by atoms with Gasteiger partial charge >= 0.3 is 60.0 Å². The van der Waals surface area contributed by atoms with Gasteiger partial charge in [0.15, 0.2) is 0 Å². The maximum atomic E-state index is 13.2. The average Bonchev–Trinajstić information content (AvgIpc) is 2.50. The Morgan fingerprint density at radius 1 is 0.273 bits per heavy atom. The molecule has 0 saturated heterocycles. The van der Waals surface area contributed by atoms with E-state index in [-0.39, 0.29) is 0 Å². The number of halogens is 22. The molecule has 0 radical (unpaired) electrons. The first-order valence-corrected chi connectivity index (χ1v) is 6.66. The minimum Gasteiger partial charge on any atom is -0.206 e. The Balaban J connectivity index is 6.84. The van der Waals surface area contributed by atoms with Crippen LogP contribution in [0.1, 0.15) is 0 Å². The predicted octanol–water partition coefficient (Wildman–Crippen LogP) is 6.70. The van der Waals surface area contributed by atoms with E-state index in [1.165, 1.54) is 0 Å². The minimum atomic E-state index is -9.01. The largest absolute Gasteiger partial charge is 0.460 e. The standard InChI is InChI=1S/C10HF22N/c11-1(12,2(13,14)4(17,18)7(22,23)24)3(15,16)5(19,20)10(31,32)33-6(21,8(25,26)27)9(28,29)30/h33H. The lowest BCUT2D eigenvalue weighted by molar-refractivity contribution is -0.460. The highest BCUT2D eigenvalue weighted by molar-refractivity contribution is 5.13. The summed E-state index contributed by atoms with van der Waals surface area (Å²) in [5.74, 6) is -51.9.